The van der Waals surface area contributed by atoms with E-state index in [2.05, 4.69) is 16.4 Å². The number of carbonyl (C=O) groups is 2. The summed E-state index contributed by atoms with van der Waals surface area (Å²) in [7, 11) is 1.62. The van der Waals surface area contributed by atoms with Gasteiger partial charge in [-0.15, -0.1) is 11.3 Å². The number of ether oxygens (including phenoxy) is 1. The first kappa shape index (κ1) is 20.1. The lowest BCUT2D eigenvalue weighted by Gasteiger charge is -2.36. The molecule has 0 bridgehead atoms. The number of anilines is 1. The maximum atomic E-state index is 12.8. The van der Waals surface area contributed by atoms with E-state index >= 15 is 0 Å². The van der Waals surface area contributed by atoms with Crippen LogP contribution in [0.1, 0.15) is 30.5 Å². The van der Waals surface area contributed by atoms with E-state index in [4.69, 9.17) is 4.74 Å². The number of nitrogens with zero attached hydrogens (tertiary/aromatic N) is 2. The molecule has 1 atom stereocenters. The van der Waals surface area contributed by atoms with Crippen LogP contribution in [0.3, 0.4) is 0 Å². The van der Waals surface area contributed by atoms with Crippen LogP contribution in [0.25, 0.3) is 11.3 Å². The third-order valence-electron chi connectivity index (χ3n) is 5.33. The molecule has 30 heavy (non-hydrogen) atoms. The number of carbonyl (C=O) groups excluding carboxylic acids is 2. The van der Waals surface area contributed by atoms with Crippen molar-refractivity contribution in [3.8, 4) is 17.0 Å². The number of para-hydroxylation sites is 1. The molecule has 2 aromatic carbocycles. The molecule has 1 aromatic heterocycles. The van der Waals surface area contributed by atoms with Crippen molar-refractivity contribution in [1.82, 2.24) is 9.88 Å². The summed E-state index contributed by atoms with van der Waals surface area (Å²) in [5, 5.41) is 5.32. The average molecular weight is 422 g/mol. The number of nitrogens with one attached hydrogen (secondary N) is 1. The molecular formula is C23H23N3O3S. The summed E-state index contributed by atoms with van der Waals surface area (Å²) in [6, 6.07) is 15.4. The number of benzene rings is 2. The van der Waals surface area contributed by atoms with Gasteiger partial charge in [-0.25, -0.2) is 4.98 Å². The van der Waals surface area contributed by atoms with Gasteiger partial charge >= 0.3 is 0 Å². The highest BCUT2D eigenvalue weighted by molar-refractivity contribution is 7.14. The van der Waals surface area contributed by atoms with Gasteiger partial charge in [0, 0.05) is 24.4 Å². The lowest BCUT2D eigenvalue weighted by molar-refractivity contribution is -0.132. The van der Waals surface area contributed by atoms with E-state index in [9.17, 15) is 9.59 Å². The summed E-state index contributed by atoms with van der Waals surface area (Å²) >= 11 is 1.37. The molecule has 0 radical (unpaired) electrons. The van der Waals surface area contributed by atoms with Crippen molar-refractivity contribution in [2.45, 2.75) is 25.8 Å². The van der Waals surface area contributed by atoms with E-state index in [1.807, 2.05) is 47.8 Å². The summed E-state index contributed by atoms with van der Waals surface area (Å²) in [6.45, 7) is 2.18. The smallest absolute Gasteiger partial charge is 0.228 e. The van der Waals surface area contributed by atoms with E-state index in [1.54, 1.807) is 18.9 Å². The number of fused-ring (bicyclic) bond motifs is 1. The lowest BCUT2D eigenvalue weighted by Crippen LogP contribution is -2.40. The van der Waals surface area contributed by atoms with Crippen LogP contribution in [0.5, 0.6) is 5.75 Å². The minimum Gasteiger partial charge on any atom is -0.496 e. The molecule has 3 aromatic rings. The minimum absolute atomic E-state index is 0.0185. The molecule has 1 N–H and O–H groups in total. The Balaban J connectivity index is 1.51. The van der Waals surface area contributed by atoms with Crippen molar-refractivity contribution in [3.05, 3.63) is 65.0 Å². The predicted molar refractivity (Wildman–Crippen MR) is 118 cm³/mol. The van der Waals surface area contributed by atoms with Gasteiger partial charge in [0.05, 0.1) is 25.3 Å². The molecule has 0 spiro atoms. The maximum absolute atomic E-state index is 12.8. The molecule has 1 unspecified atom stereocenters. The van der Waals surface area contributed by atoms with Gasteiger partial charge in [0.25, 0.3) is 0 Å². The second-order valence-corrected chi connectivity index (χ2v) is 8.03. The summed E-state index contributed by atoms with van der Waals surface area (Å²) in [5.74, 6) is 0.551. The monoisotopic (exact) mass is 421 g/mol. The van der Waals surface area contributed by atoms with Gasteiger partial charge in [0.15, 0.2) is 5.13 Å². The minimum atomic E-state index is -0.263. The highest BCUT2D eigenvalue weighted by Gasteiger charge is 2.30. The molecule has 0 fully saturated rings. The average Bonchev–Trinajstić information content (AvgIpc) is 3.21. The summed E-state index contributed by atoms with van der Waals surface area (Å²) in [5.41, 5.74) is 3.87. The van der Waals surface area contributed by atoms with Gasteiger partial charge < -0.3 is 15.0 Å². The Kier molecular flexibility index (Phi) is 5.81. The molecule has 154 valence electrons. The van der Waals surface area contributed by atoms with E-state index in [-0.39, 0.29) is 24.3 Å². The number of amides is 2. The van der Waals surface area contributed by atoms with Crippen molar-refractivity contribution < 1.29 is 14.3 Å². The molecule has 0 aliphatic carbocycles. The molecule has 6 nitrogen and oxygen atoms in total. The summed E-state index contributed by atoms with van der Waals surface area (Å²) < 4.78 is 5.40. The first-order valence-electron chi connectivity index (χ1n) is 9.80. The van der Waals surface area contributed by atoms with Gasteiger partial charge in [-0.05, 0) is 29.7 Å². The molecule has 1 aliphatic heterocycles. The number of rotatable bonds is 5. The van der Waals surface area contributed by atoms with Crippen LogP contribution in [0.2, 0.25) is 0 Å². The molecule has 7 heteroatoms. The van der Waals surface area contributed by atoms with Crippen LogP contribution in [0, 0.1) is 0 Å². The van der Waals surface area contributed by atoms with Gasteiger partial charge in [-0.3, -0.25) is 9.59 Å². The predicted octanol–water partition coefficient (Wildman–Crippen LogP) is 4.29. The molecular weight excluding hydrogens is 398 g/mol. The SMILES string of the molecule is COc1ccccc1-c1csc(NC(=O)CC2c3ccccc3CCN2C(C)=O)n1. The van der Waals surface area contributed by atoms with E-state index in [0.717, 1.165) is 29.0 Å². The van der Waals surface area contributed by atoms with Gasteiger partial charge in [0.1, 0.15) is 5.75 Å². The van der Waals surface area contributed by atoms with Crippen LogP contribution in [0.4, 0.5) is 5.13 Å². The molecule has 4 rings (SSSR count). The fourth-order valence-corrected chi connectivity index (χ4v) is 4.63. The van der Waals surface area contributed by atoms with Crippen LogP contribution < -0.4 is 10.1 Å². The highest BCUT2D eigenvalue weighted by atomic mass is 32.1. The van der Waals surface area contributed by atoms with Crippen molar-refractivity contribution in [3.63, 3.8) is 0 Å². The van der Waals surface area contributed by atoms with Crippen LogP contribution in [0.15, 0.2) is 53.9 Å². The molecule has 0 saturated heterocycles. The zero-order chi connectivity index (χ0) is 21.1. The second-order valence-electron chi connectivity index (χ2n) is 7.17. The number of thiazole rings is 1. The van der Waals surface area contributed by atoms with Gasteiger partial charge in [0.2, 0.25) is 11.8 Å². The quantitative estimate of drug-likeness (QED) is 0.667. The third-order valence-corrected chi connectivity index (χ3v) is 6.09. The summed E-state index contributed by atoms with van der Waals surface area (Å²) in [6.07, 6.45) is 1.00. The molecule has 2 amide bonds. The number of hydrogen-bond acceptors (Lipinski definition) is 5. The molecule has 0 saturated carbocycles. The Morgan fingerprint density at radius 2 is 1.97 bits per heavy atom. The van der Waals surface area contributed by atoms with Crippen molar-refractivity contribution in [2.24, 2.45) is 0 Å². The molecule has 1 aliphatic rings. The number of hydrogen-bond donors (Lipinski definition) is 1. The first-order valence-corrected chi connectivity index (χ1v) is 10.7. The van der Waals surface area contributed by atoms with Crippen molar-refractivity contribution in [2.75, 3.05) is 19.0 Å². The Hall–Kier alpha value is -3.19. The highest BCUT2D eigenvalue weighted by Crippen LogP contribution is 2.34. The van der Waals surface area contributed by atoms with Gasteiger partial charge in [-0.2, -0.15) is 0 Å². The van der Waals surface area contributed by atoms with E-state index in [1.165, 1.54) is 16.9 Å². The normalized spacial score (nSPS) is 15.4. The van der Waals surface area contributed by atoms with Crippen molar-refractivity contribution in [1.29, 1.82) is 0 Å². The third kappa shape index (κ3) is 4.07. The topological polar surface area (TPSA) is 71.5 Å². The second kappa shape index (κ2) is 8.67. The molecule has 2 heterocycles. The Morgan fingerprint density at radius 3 is 2.77 bits per heavy atom. The Bertz CT molecular complexity index is 1080. The van der Waals surface area contributed by atoms with Crippen LogP contribution >= 0.6 is 11.3 Å². The Morgan fingerprint density at radius 1 is 1.20 bits per heavy atom. The fraction of sp³-hybridized carbons (Fsp3) is 0.261. The van der Waals surface area contributed by atoms with Crippen LogP contribution in [-0.2, 0) is 16.0 Å². The van der Waals surface area contributed by atoms with Crippen LogP contribution in [-0.4, -0.2) is 35.4 Å². The Labute approximate surface area is 179 Å². The first-order chi connectivity index (χ1) is 14.6. The van der Waals surface area contributed by atoms with E-state index < -0.39 is 0 Å². The zero-order valence-electron chi connectivity index (χ0n) is 16.9. The van der Waals surface area contributed by atoms with E-state index in [0.29, 0.717) is 11.7 Å². The number of aromatic nitrogens is 1. The van der Waals surface area contributed by atoms with Crippen molar-refractivity contribution >= 4 is 28.3 Å². The lowest BCUT2D eigenvalue weighted by atomic mass is 9.90. The fourth-order valence-electron chi connectivity index (χ4n) is 3.91. The van der Waals surface area contributed by atoms with Gasteiger partial charge in [-0.1, -0.05) is 36.4 Å². The number of methoxy groups -OCH3 is 1. The summed E-state index contributed by atoms with van der Waals surface area (Å²) in [4.78, 5) is 31.3. The largest absolute Gasteiger partial charge is 0.496 e. The maximum Gasteiger partial charge on any atom is 0.228 e. The standard InChI is InChI=1S/C23H23N3O3S/c1-15(27)26-12-11-16-7-3-4-8-17(16)20(26)13-22(28)25-23-24-19(14-30-23)18-9-5-6-10-21(18)29-2/h3-10,14,20H,11-13H2,1-2H3,(H,24,25,28). The zero-order valence-corrected chi connectivity index (χ0v) is 17.7.